The lowest BCUT2D eigenvalue weighted by molar-refractivity contribution is -0.144. The van der Waals surface area contributed by atoms with Crippen LogP contribution in [0.25, 0.3) is 11.4 Å². The van der Waals surface area contributed by atoms with Crippen LogP contribution < -0.4 is 0 Å². The molecular weight excluding hydrogens is 327 g/mol. The van der Waals surface area contributed by atoms with Gasteiger partial charge in [-0.1, -0.05) is 18.2 Å². The monoisotopic (exact) mass is 337 g/mol. The molecule has 0 spiro atoms. The van der Waals surface area contributed by atoms with Crippen LogP contribution in [0.2, 0.25) is 0 Å². The van der Waals surface area contributed by atoms with Gasteiger partial charge in [0.25, 0.3) is 0 Å². The molecule has 23 heavy (non-hydrogen) atoms. The van der Waals surface area contributed by atoms with E-state index < -0.39 is 23.2 Å². The van der Waals surface area contributed by atoms with Gasteiger partial charge in [-0.2, -0.15) is 18.3 Å². The third-order valence-electron chi connectivity index (χ3n) is 3.04. The summed E-state index contributed by atoms with van der Waals surface area (Å²) in [6.45, 7) is 0. The molecule has 0 saturated heterocycles. The van der Waals surface area contributed by atoms with E-state index in [0.29, 0.717) is 15.4 Å². The van der Waals surface area contributed by atoms with Crippen molar-refractivity contribution in [3.8, 4) is 11.4 Å². The van der Waals surface area contributed by atoms with E-state index in [4.69, 9.17) is 0 Å². The first kappa shape index (κ1) is 15.6. The van der Waals surface area contributed by atoms with Gasteiger partial charge in [0.2, 0.25) is 5.82 Å². The summed E-state index contributed by atoms with van der Waals surface area (Å²) in [4.78, 5) is 4.62. The number of nitrogens with zero attached hydrogens (tertiary/aromatic N) is 2. The van der Waals surface area contributed by atoms with Gasteiger partial charge in [0, 0.05) is 16.7 Å². The Morgan fingerprint density at radius 2 is 1.52 bits per heavy atom. The van der Waals surface area contributed by atoms with Gasteiger partial charge in [0.15, 0.2) is 15.6 Å². The van der Waals surface area contributed by atoms with E-state index in [9.17, 15) is 17.7 Å². The Balaban J connectivity index is 1.84. The molecule has 0 amide bonds. The van der Waals surface area contributed by atoms with Gasteiger partial charge in [-0.05, 0) is 36.4 Å². The molecule has 0 bridgehead atoms. The molecule has 3 aromatic rings. The second kappa shape index (κ2) is 6.05. The summed E-state index contributed by atoms with van der Waals surface area (Å²) in [7, 11) is 0. The fourth-order valence-corrected chi connectivity index (χ4v) is 2.99. The Kier molecular flexibility index (Phi) is 4.10. The summed E-state index contributed by atoms with van der Waals surface area (Å²) in [5, 5.41) is 5.41. The highest BCUT2D eigenvalue weighted by atomic mass is 32.2. The Morgan fingerprint density at radius 3 is 2.09 bits per heavy atom. The first-order chi connectivity index (χ1) is 10.9. The minimum atomic E-state index is -4.57. The summed E-state index contributed by atoms with van der Waals surface area (Å²) in [6, 6.07) is 15.1. The predicted molar refractivity (Wildman–Crippen MR) is 77.9 cm³/mol. The van der Waals surface area contributed by atoms with Crippen molar-refractivity contribution in [1.82, 2.24) is 15.2 Å². The molecule has 2 aromatic carbocycles. The number of rotatable bonds is 3. The molecule has 0 aliphatic carbocycles. The number of alkyl halides is 3. The minimum Gasteiger partial charge on any atom is -0.606 e. The molecule has 1 heterocycles. The minimum absolute atomic E-state index is 0.0608. The van der Waals surface area contributed by atoms with Gasteiger partial charge in [-0.15, -0.1) is 0 Å². The van der Waals surface area contributed by atoms with Crippen molar-refractivity contribution in [2.45, 2.75) is 16.0 Å². The topological polar surface area (TPSA) is 64.6 Å². The lowest BCUT2D eigenvalue weighted by Gasteiger charge is -2.09. The average Bonchev–Trinajstić information content (AvgIpc) is 3.05. The first-order valence-corrected chi connectivity index (χ1v) is 7.67. The van der Waals surface area contributed by atoms with Crippen LogP contribution in [0.4, 0.5) is 13.2 Å². The van der Waals surface area contributed by atoms with Crippen LogP contribution >= 0.6 is 0 Å². The highest BCUT2D eigenvalue weighted by molar-refractivity contribution is 7.91. The zero-order valence-electron chi connectivity index (χ0n) is 11.5. The molecule has 8 heteroatoms. The standard InChI is InChI=1S/C15H10F3N3OS/c16-15(17,18)14-19-13(20-21-14)10-6-8-12(9-7-10)23(22)11-4-2-1-3-5-11/h1-9H,(H,19,20,21). The maximum absolute atomic E-state index is 12.5. The van der Waals surface area contributed by atoms with E-state index in [1.54, 1.807) is 48.5 Å². The second-order valence-electron chi connectivity index (χ2n) is 4.61. The van der Waals surface area contributed by atoms with Crippen LogP contribution in [0.15, 0.2) is 64.4 Å². The summed E-state index contributed by atoms with van der Waals surface area (Å²) in [6.07, 6.45) is -4.57. The van der Waals surface area contributed by atoms with Crippen LogP contribution in [0.3, 0.4) is 0 Å². The Morgan fingerprint density at radius 1 is 0.913 bits per heavy atom. The lowest BCUT2D eigenvalue weighted by Crippen LogP contribution is -2.07. The van der Waals surface area contributed by atoms with Crippen molar-refractivity contribution in [2.24, 2.45) is 0 Å². The third kappa shape index (κ3) is 3.38. The van der Waals surface area contributed by atoms with Crippen molar-refractivity contribution in [1.29, 1.82) is 0 Å². The van der Waals surface area contributed by atoms with E-state index in [2.05, 4.69) is 10.1 Å². The molecule has 0 aliphatic rings. The fourth-order valence-electron chi connectivity index (χ4n) is 1.93. The average molecular weight is 337 g/mol. The van der Waals surface area contributed by atoms with Gasteiger partial charge in [-0.3, -0.25) is 5.10 Å². The molecular formula is C15H10F3N3OS. The maximum Gasteiger partial charge on any atom is 0.451 e. The van der Waals surface area contributed by atoms with Crippen molar-refractivity contribution in [3.05, 3.63) is 60.4 Å². The lowest BCUT2D eigenvalue weighted by atomic mass is 10.2. The molecule has 1 N–H and O–H groups in total. The van der Waals surface area contributed by atoms with Crippen LogP contribution in [-0.4, -0.2) is 19.7 Å². The van der Waals surface area contributed by atoms with E-state index in [1.807, 2.05) is 11.2 Å². The molecule has 0 aliphatic heterocycles. The second-order valence-corrected chi connectivity index (χ2v) is 6.09. The van der Waals surface area contributed by atoms with Crippen molar-refractivity contribution < 1.29 is 17.7 Å². The van der Waals surface area contributed by atoms with E-state index in [-0.39, 0.29) is 5.82 Å². The Bertz CT molecular complexity index is 788. The van der Waals surface area contributed by atoms with Gasteiger partial charge in [0.1, 0.15) is 0 Å². The fraction of sp³-hybridized carbons (Fsp3) is 0.0667. The SMILES string of the molecule is [O-][S+](c1ccccc1)c1ccc(-c2n[nH]c(C(F)(F)F)n2)cc1. The number of hydrogen-bond acceptors (Lipinski definition) is 3. The summed E-state index contributed by atoms with van der Waals surface area (Å²) < 4.78 is 49.9. The number of H-pyrrole nitrogens is 1. The Labute approximate surface area is 132 Å². The molecule has 4 nitrogen and oxygen atoms in total. The molecule has 0 saturated carbocycles. The molecule has 0 radical (unpaired) electrons. The van der Waals surface area contributed by atoms with Crippen LogP contribution in [0.1, 0.15) is 5.82 Å². The predicted octanol–water partition coefficient (Wildman–Crippen LogP) is 3.66. The normalized spacial score (nSPS) is 13.0. The number of aromatic nitrogens is 3. The number of hydrogen-bond donors (Lipinski definition) is 1. The summed E-state index contributed by atoms with van der Waals surface area (Å²) in [5.41, 5.74) is 0.408. The molecule has 118 valence electrons. The largest absolute Gasteiger partial charge is 0.606 e. The van der Waals surface area contributed by atoms with Crippen LogP contribution in [0, 0.1) is 0 Å². The number of nitrogens with one attached hydrogen (secondary N) is 1. The zero-order chi connectivity index (χ0) is 16.4. The smallest absolute Gasteiger partial charge is 0.451 e. The number of aromatic amines is 1. The van der Waals surface area contributed by atoms with E-state index in [1.165, 1.54) is 0 Å². The van der Waals surface area contributed by atoms with E-state index >= 15 is 0 Å². The van der Waals surface area contributed by atoms with Gasteiger partial charge < -0.3 is 4.55 Å². The number of halogens is 3. The first-order valence-electron chi connectivity index (χ1n) is 6.52. The molecule has 3 rings (SSSR count). The zero-order valence-corrected chi connectivity index (χ0v) is 12.4. The highest BCUT2D eigenvalue weighted by Crippen LogP contribution is 2.28. The maximum atomic E-state index is 12.5. The molecule has 1 unspecified atom stereocenters. The molecule has 1 atom stereocenters. The van der Waals surface area contributed by atoms with Crippen LogP contribution in [0.5, 0.6) is 0 Å². The van der Waals surface area contributed by atoms with Gasteiger partial charge >= 0.3 is 6.18 Å². The quantitative estimate of drug-likeness (QED) is 0.742. The summed E-state index contributed by atoms with van der Waals surface area (Å²) >= 11 is -1.35. The van der Waals surface area contributed by atoms with Gasteiger partial charge in [0.05, 0.1) is 0 Å². The molecule has 1 aromatic heterocycles. The van der Waals surface area contributed by atoms with Crippen molar-refractivity contribution in [3.63, 3.8) is 0 Å². The van der Waals surface area contributed by atoms with Gasteiger partial charge in [-0.25, -0.2) is 4.98 Å². The molecule has 0 fully saturated rings. The van der Waals surface area contributed by atoms with Crippen LogP contribution in [-0.2, 0) is 17.4 Å². The third-order valence-corrected chi connectivity index (χ3v) is 4.44. The van der Waals surface area contributed by atoms with E-state index in [0.717, 1.165) is 0 Å². The highest BCUT2D eigenvalue weighted by Gasteiger charge is 2.35. The number of benzene rings is 2. The summed E-state index contributed by atoms with van der Waals surface area (Å²) in [5.74, 6) is -1.21. The van der Waals surface area contributed by atoms with Crippen molar-refractivity contribution in [2.75, 3.05) is 0 Å². The van der Waals surface area contributed by atoms with Crippen molar-refractivity contribution >= 4 is 11.2 Å². The Hall–Kier alpha value is -2.32.